The lowest BCUT2D eigenvalue weighted by molar-refractivity contribution is -0.101. The molecule has 1 unspecified atom stereocenters. The lowest BCUT2D eigenvalue weighted by Crippen LogP contribution is -2.54. The van der Waals surface area contributed by atoms with Crippen LogP contribution >= 0.6 is 0 Å². The minimum atomic E-state index is -0.327. The molecule has 104 valence electrons. The van der Waals surface area contributed by atoms with Crippen LogP contribution in [0, 0.1) is 5.41 Å². The van der Waals surface area contributed by atoms with Gasteiger partial charge in [-0.05, 0) is 26.0 Å². The second-order valence-electron chi connectivity index (χ2n) is 5.38. The first kappa shape index (κ1) is 13.8. The Morgan fingerprint density at radius 3 is 2.89 bits per heavy atom. The van der Waals surface area contributed by atoms with Crippen LogP contribution in [0.4, 0.5) is 5.82 Å². The molecule has 2 heterocycles. The summed E-state index contributed by atoms with van der Waals surface area (Å²) in [7, 11) is 0. The third-order valence-electron chi connectivity index (χ3n) is 3.07. The summed E-state index contributed by atoms with van der Waals surface area (Å²) in [6.45, 7) is 5.28. The summed E-state index contributed by atoms with van der Waals surface area (Å²) >= 11 is 0. The van der Waals surface area contributed by atoms with Crippen LogP contribution in [0.1, 0.15) is 19.4 Å². The Morgan fingerprint density at radius 1 is 1.63 bits per heavy atom. The molecule has 4 N–H and O–H groups in total. The number of ether oxygens (including phenoxy) is 1. The van der Waals surface area contributed by atoms with Crippen molar-refractivity contribution < 1.29 is 9.84 Å². The molecule has 2 rings (SSSR count). The number of nitrogens with one attached hydrogen (secondary N) is 1. The summed E-state index contributed by atoms with van der Waals surface area (Å²) in [4.78, 5) is 6.40. The second-order valence-corrected chi connectivity index (χ2v) is 5.38. The predicted molar refractivity (Wildman–Crippen MR) is 73.5 cm³/mol. The molecule has 0 aliphatic carbocycles. The van der Waals surface area contributed by atoms with Crippen molar-refractivity contribution in [1.82, 2.24) is 4.98 Å². The minimum absolute atomic E-state index is 0.00847. The predicted octanol–water partition coefficient (Wildman–Crippen LogP) is 0.342. The molecular weight excluding hydrogens is 244 g/mol. The molecule has 0 radical (unpaired) electrons. The maximum absolute atomic E-state index is 9.29. The number of morpholine rings is 1. The van der Waals surface area contributed by atoms with Gasteiger partial charge < -0.3 is 20.5 Å². The van der Waals surface area contributed by atoms with Gasteiger partial charge >= 0.3 is 0 Å². The van der Waals surface area contributed by atoms with Crippen molar-refractivity contribution in [2.75, 3.05) is 24.6 Å². The molecule has 0 bridgehead atoms. The minimum Gasteiger partial charge on any atom is -0.394 e. The number of rotatable bonds is 3. The summed E-state index contributed by atoms with van der Waals surface area (Å²) in [5.41, 5.74) is 5.69. The zero-order chi connectivity index (χ0) is 14.0. The van der Waals surface area contributed by atoms with Gasteiger partial charge in [-0.25, -0.2) is 4.98 Å². The summed E-state index contributed by atoms with van der Waals surface area (Å²) in [6.07, 6.45) is 1.38. The third-order valence-corrected chi connectivity index (χ3v) is 3.07. The van der Waals surface area contributed by atoms with Gasteiger partial charge in [-0.15, -0.1) is 0 Å². The highest BCUT2D eigenvalue weighted by Crippen LogP contribution is 2.24. The van der Waals surface area contributed by atoms with E-state index >= 15 is 0 Å². The highest BCUT2D eigenvalue weighted by Gasteiger charge is 2.33. The Morgan fingerprint density at radius 2 is 2.37 bits per heavy atom. The van der Waals surface area contributed by atoms with Gasteiger partial charge in [-0.3, -0.25) is 5.41 Å². The van der Waals surface area contributed by atoms with E-state index in [4.69, 9.17) is 15.9 Å². The van der Waals surface area contributed by atoms with E-state index < -0.39 is 0 Å². The fourth-order valence-electron chi connectivity index (χ4n) is 2.30. The van der Waals surface area contributed by atoms with E-state index in [2.05, 4.69) is 9.88 Å². The number of nitrogen functional groups attached to an aromatic ring is 1. The molecule has 0 spiro atoms. The molecule has 0 saturated carbocycles. The maximum Gasteiger partial charge on any atom is 0.128 e. The number of aliphatic hydroxyl groups excluding tert-OH is 1. The number of anilines is 1. The topological polar surface area (TPSA) is 95.5 Å². The number of nitrogens with two attached hydrogens (primary N) is 1. The van der Waals surface area contributed by atoms with Gasteiger partial charge in [0.2, 0.25) is 0 Å². The van der Waals surface area contributed by atoms with Crippen LogP contribution in [-0.4, -0.2) is 47.3 Å². The van der Waals surface area contributed by atoms with Crippen LogP contribution in [0.15, 0.2) is 18.3 Å². The van der Waals surface area contributed by atoms with Crippen molar-refractivity contribution in [2.45, 2.75) is 25.6 Å². The molecule has 1 aromatic rings. The molecule has 1 aromatic heterocycles. The monoisotopic (exact) mass is 264 g/mol. The molecule has 6 heteroatoms. The lowest BCUT2D eigenvalue weighted by Gasteiger charge is -2.42. The molecule has 0 amide bonds. The number of aromatic nitrogens is 1. The quantitative estimate of drug-likeness (QED) is 0.540. The van der Waals surface area contributed by atoms with E-state index in [1.54, 1.807) is 12.3 Å². The summed E-state index contributed by atoms with van der Waals surface area (Å²) < 4.78 is 5.76. The normalized spacial score (nSPS) is 22.3. The Balaban J connectivity index is 2.18. The Kier molecular flexibility index (Phi) is 3.73. The maximum atomic E-state index is 9.29. The van der Waals surface area contributed by atoms with Crippen molar-refractivity contribution in [2.24, 2.45) is 5.73 Å². The number of hydrogen-bond donors (Lipinski definition) is 3. The first-order valence-corrected chi connectivity index (χ1v) is 6.25. The largest absolute Gasteiger partial charge is 0.394 e. The number of hydrogen-bond acceptors (Lipinski definition) is 5. The van der Waals surface area contributed by atoms with Crippen molar-refractivity contribution in [3.05, 3.63) is 23.9 Å². The molecule has 1 saturated heterocycles. The van der Waals surface area contributed by atoms with Gasteiger partial charge in [0.25, 0.3) is 0 Å². The SMILES string of the molecule is CC1(C)CN(c2ccc(C(=N)N)cn2)CC(CO)O1. The van der Waals surface area contributed by atoms with Crippen LogP contribution in [0.25, 0.3) is 0 Å². The van der Waals surface area contributed by atoms with Gasteiger partial charge in [0, 0.05) is 24.8 Å². The first-order valence-electron chi connectivity index (χ1n) is 6.25. The molecule has 1 aliphatic rings. The number of nitrogens with zero attached hydrogens (tertiary/aromatic N) is 2. The fraction of sp³-hybridized carbons (Fsp3) is 0.538. The number of amidine groups is 1. The van der Waals surface area contributed by atoms with Crippen molar-refractivity contribution in [3.63, 3.8) is 0 Å². The zero-order valence-corrected chi connectivity index (χ0v) is 11.3. The number of pyridine rings is 1. The van der Waals surface area contributed by atoms with E-state index in [9.17, 15) is 5.11 Å². The molecule has 1 aliphatic heterocycles. The Hall–Kier alpha value is -1.66. The standard InChI is InChI=1S/C13H20N4O2/c1-13(2)8-17(6-10(7-18)19-13)11-4-3-9(5-16-11)12(14)15/h3-5,10,18H,6-8H2,1-2H3,(H3,14,15). The van der Waals surface area contributed by atoms with Gasteiger partial charge in [-0.1, -0.05) is 0 Å². The molecule has 6 nitrogen and oxygen atoms in total. The number of aliphatic hydroxyl groups is 1. The van der Waals surface area contributed by atoms with Crippen LogP contribution in [0.3, 0.4) is 0 Å². The average molecular weight is 264 g/mol. The Labute approximate surface area is 112 Å². The molecular formula is C13H20N4O2. The third kappa shape index (κ3) is 3.21. The first-order chi connectivity index (χ1) is 8.91. The molecule has 1 atom stereocenters. The molecule has 1 fully saturated rings. The van der Waals surface area contributed by atoms with Crippen LogP contribution < -0.4 is 10.6 Å². The summed E-state index contributed by atoms with van der Waals surface area (Å²) in [5.74, 6) is 0.814. The highest BCUT2D eigenvalue weighted by atomic mass is 16.5. The smallest absolute Gasteiger partial charge is 0.128 e. The zero-order valence-electron chi connectivity index (χ0n) is 11.3. The van der Waals surface area contributed by atoms with E-state index in [1.165, 1.54) is 0 Å². The van der Waals surface area contributed by atoms with Crippen molar-refractivity contribution in [1.29, 1.82) is 5.41 Å². The second kappa shape index (κ2) is 5.14. The van der Waals surface area contributed by atoms with E-state index in [1.807, 2.05) is 19.9 Å². The van der Waals surface area contributed by atoms with Crippen LogP contribution in [0.2, 0.25) is 0 Å². The van der Waals surface area contributed by atoms with Gasteiger partial charge in [-0.2, -0.15) is 0 Å². The fourth-order valence-corrected chi connectivity index (χ4v) is 2.30. The van der Waals surface area contributed by atoms with Gasteiger partial charge in [0.15, 0.2) is 0 Å². The Bertz CT molecular complexity index is 458. The average Bonchev–Trinajstić information content (AvgIpc) is 2.37. The van der Waals surface area contributed by atoms with E-state index in [0.717, 1.165) is 5.82 Å². The van der Waals surface area contributed by atoms with E-state index in [0.29, 0.717) is 18.7 Å². The van der Waals surface area contributed by atoms with E-state index in [-0.39, 0.29) is 24.1 Å². The molecule has 0 aromatic carbocycles. The van der Waals surface area contributed by atoms with Crippen molar-refractivity contribution >= 4 is 11.7 Å². The highest BCUT2D eigenvalue weighted by molar-refractivity contribution is 5.94. The summed E-state index contributed by atoms with van der Waals surface area (Å²) in [5, 5.41) is 16.6. The van der Waals surface area contributed by atoms with Crippen molar-refractivity contribution in [3.8, 4) is 0 Å². The summed E-state index contributed by atoms with van der Waals surface area (Å²) in [6, 6.07) is 3.62. The van der Waals surface area contributed by atoms with Crippen LogP contribution in [-0.2, 0) is 4.74 Å². The van der Waals surface area contributed by atoms with Gasteiger partial charge in [0.05, 0.1) is 18.3 Å². The lowest BCUT2D eigenvalue weighted by atomic mass is 10.1. The van der Waals surface area contributed by atoms with Gasteiger partial charge in [0.1, 0.15) is 11.7 Å². The van der Waals surface area contributed by atoms with Crippen LogP contribution in [0.5, 0.6) is 0 Å². The molecule has 19 heavy (non-hydrogen) atoms.